The Hall–Kier alpha value is -1.82. The molecule has 0 nitrogen and oxygen atoms in total. The Kier molecular flexibility index (Phi) is 8.62. The van der Waals surface area contributed by atoms with Crippen LogP contribution in [-0.4, -0.2) is 0 Å². The second-order valence-electron chi connectivity index (χ2n) is 3.32. The van der Waals surface area contributed by atoms with Crippen LogP contribution in [-0.2, 0) is 0 Å². The molecule has 0 radical (unpaired) electrons. The molecule has 0 saturated carbocycles. The molecule has 0 fully saturated rings. The molecule has 0 heterocycles. The average Bonchev–Trinajstić information content (AvgIpc) is 2.27. The van der Waals surface area contributed by atoms with E-state index in [2.05, 4.69) is 13.2 Å². The first-order chi connectivity index (χ1) is 7.70. The number of hydrogen-bond acceptors (Lipinski definition) is 0. The Morgan fingerprint density at radius 3 is 2.31 bits per heavy atom. The van der Waals surface area contributed by atoms with Crippen LogP contribution in [0, 0.1) is 0 Å². The van der Waals surface area contributed by atoms with E-state index in [1.807, 2.05) is 68.5 Å². The highest BCUT2D eigenvalue weighted by Crippen LogP contribution is 2.01. The van der Waals surface area contributed by atoms with Crippen LogP contribution in [0.1, 0.15) is 13.8 Å². The monoisotopic (exact) mass is 212 g/mol. The summed E-state index contributed by atoms with van der Waals surface area (Å²) < 4.78 is 0. The zero-order valence-corrected chi connectivity index (χ0v) is 10.2. The van der Waals surface area contributed by atoms with E-state index in [9.17, 15) is 0 Å². The van der Waals surface area contributed by atoms with Crippen molar-refractivity contribution in [3.63, 3.8) is 0 Å². The maximum absolute atomic E-state index is 3.93. The summed E-state index contributed by atoms with van der Waals surface area (Å²) in [7, 11) is 0. The van der Waals surface area contributed by atoms with Gasteiger partial charge >= 0.3 is 0 Å². The molecule has 0 aromatic heterocycles. The minimum atomic E-state index is 0.985. The number of allylic oxidation sites excluding steroid dienone is 12. The van der Waals surface area contributed by atoms with Gasteiger partial charge < -0.3 is 0 Å². The van der Waals surface area contributed by atoms with Gasteiger partial charge in [0.2, 0.25) is 0 Å². The van der Waals surface area contributed by atoms with Crippen molar-refractivity contribution in [1.29, 1.82) is 0 Å². The van der Waals surface area contributed by atoms with Crippen LogP contribution in [0.15, 0.2) is 85.1 Å². The van der Waals surface area contributed by atoms with Gasteiger partial charge in [0.05, 0.1) is 0 Å². The molecule has 0 spiro atoms. The van der Waals surface area contributed by atoms with Crippen molar-refractivity contribution in [2.75, 3.05) is 0 Å². The van der Waals surface area contributed by atoms with Crippen LogP contribution in [0.4, 0.5) is 0 Å². The molecule has 0 atom stereocenters. The third kappa shape index (κ3) is 8.76. The van der Waals surface area contributed by atoms with Gasteiger partial charge in [-0.1, -0.05) is 79.5 Å². The van der Waals surface area contributed by atoms with Crippen molar-refractivity contribution in [3.05, 3.63) is 85.1 Å². The first-order valence-corrected chi connectivity index (χ1v) is 5.33. The van der Waals surface area contributed by atoms with Gasteiger partial charge in [-0.2, -0.15) is 0 Å². The quantitative estimate of drug-likeness (QED) is 0.548. The minimum Gasteiger partial charge on any atom is -0.0991 e. The summed E-state index contributed by atoms with van der Waals surface area (Å²) in [6, 6.07) is 0. The van der Waals surface area contributed by atoms with E-state index < -0.39 is 0 Å². The van der Waals surface area contributed by atoms with E-state index >= 15 is 0 Å². The van der Waals surface area contributed by atoms with E-state index in [4.69, 9.17) is 0 Å². The van der Waals surface area contributed by atoms with Gasteiger partial charge in [0.1, 0.15) is 0 Å². The van der Waals surface area contributed by atoms with Gasteiger partial charge in [-0.25, -0.2) is 0 Å². The summed E-state index contributed by atoms with van der Waals surface area (Å²) in [6.45, 7) is 11.6. The lowest BCUT2D eigenvalue weighted by Crippen LogP contribution is -1.69. The third-order valence-corrected chi connectivity index (χ3v) is 1.78. The highest BCUT2D eigenvalue weighted by molar-refractivity contribution is 5.34. The fraction of sp³-hybridized carbons (Fsp3) is 0.125. The molecule has 0 saturated heterocycles. The molecule has 0 heteroatoms. The molecule has 0 aliphatic heterocycles. The first-order valence-electron chi connectivity index (χ1n) is 5.33. The lowest BCUT2D eigenvalue weighted by Gasteiger charge is -1.90. The second-order valence-corrected chi connectivity index (χ2v) is 3.32. The third-order valence-electron chi connectivity index (χ3n) is 1.78. The Bertz CT molecular complexity index is 357. The molecular formula is C16H20. The summed E-state index contributed by atoms with van der Waals surface area (Å²) in [5, 5.41) is 0. The molecule has 0 aromatic carbocycles. The highest BCUT2D eigenvalue weighted by atomic mass is 13.9. The zero-order valence-electron chi connectivity index (χ0n) is 10.2. The normalized spacial score (nSPS) is 13.5. The SMILES string of the molecule is C=C\C=C/C=C(C)\C=C\C(=C)/C=C\C=C/C. The van der Waals surface area contributed by atoms with Crippen molar-refractivity contribution < 1.29 is 0 Å². The van der Waals surface area contributed by atoms with Gasteiger partial charge in [-0.15, -0.1) is 0 Å². The van der Waals surface area contributed by atoms with E-state index in [0.29, 0.717) is 0 Å². The maximum Gasteiger partial charge on any atom is -0.0329 e. The fourth-order valence-corrected chi connectivity index (χ4v) is 0.926. The molecule has 0 amide bonds. The van der Waals surface area contributed by atoms with Gasteiger partial charge in [0, 0.05) is 0 Å². The molecule has 16 heavy (non-hydrogen) atoms. The van der Waals surface area contributed by atoms with Crippen molar-refractivity contribution >= 4 is 0 Å². The standard InChI is InChI=1S/C16H20/c1-5-7-9-11-15(3)13-14-16(4)12-10-8-6-2/h5-14H,1,4H2,2-3H3/b8-6-,9-7-,12-10-,14-13+,15-11-. The van der Waals surface area contributed by atoms with Crippen molar-refractivity contribution in [2.45, 2.75) is 13.8 Å². The lowest BCUT2D eigenvalue weighted by molar-refractivity contribution is 1.51. The van der Waals surface area contributed by atoms with Crippen molar-refractivity contribution in [1.82, 2.24) is 0 Å². The van der Waals surface area contributed by atoms with Crippen LogP contribution < -0.4 is 0 Å². The molecule has 0 aromatic rings. The van der Waals surface area contributed by atoms with E-state index in [-0.39, 0.29) is 0 Å². The van der Waals surface area contributed by atoms with Gasteiger partial charge in [0.25, 0.3) is 0 Å². The smallest absolute Gasteiger partial charge is 0.0329 e. The molecule has 0 aliphatic carbocycles. The van der Waals surface area contributed by atoms with Crippen molar-refractivity contribution in [2.24, 2.45) is 0 Å². The van der Waals surface area contributed by atoms with Crippen LogP contribution >= 0.6 is 0 Å². The van der Waals surface area contributed by atoms with E-state index in [0.717, 1.165) is 5.57 Å². The topological polar surface area (TPSA) is 0 Å². The Labute approximate surface area is 99.4 Å². The Balaban J connectivity index is 4.27. The van der Waals surface area contributed by atoms with E-state index in [1.54, 1.807) is 6.08 Å². The first kappa shape index (κ1) is 14.2. The number of hydrogen-bond donors (Lipinski definition) is 0. The summed E-state index contributed by atoms with van der Waals surface area (Å²) in [4.78, 5) is 0. The minimum absolute atomic E-state index is 0.985. The lowest BCUT2D eigenvalue weighted by atomic mass is 10.2. The average molecular weight is 212 g/mol. The zero-order chi connectivity index (χ0) is 12.2. The maximum atomic E-state index is 3.93. The van der Waals surface area contributed by atoms with Gasteiger partial charge in [-0.05, 0) is 19.4 Å². The van der Waals surface area contributed by atoms with Gasteiger partial charge in [-0.3, -0.25) is 0 Å². The van der Waals surface area contributed by atoms with Gasteiger partial charge in [0.15, 0.2) is 0 Å². The van der Waals surface area contributed by atoms with Crippen LogP contribution in [0.3, 0.4) is 0 Å². The molecule has 84 valence electrons. The molecular weight excluding hydrogens is 192 g/mol. The van der Waals surface area contributed by atoms with Crippen LogP contribution in [0.25, 0.3) is 0 Å². The fourth-order valence-electron chi connectivity index (χ4n) is 0.926. The summed E-state index contributed by atoms with van der Waals surface area (Å²) in [5.41, 5.74) is 2.16. The number of rotatable bonds is 6. The molecule has 0 N–H and O–H groups in total. The predicted molar refractivity (Wildman–Crippen MR) is 75.3 cm³/mol. The molecule has 0 aliphatic rings. The second kappa shape index (κ2) is 9.72. The summed E-state index contributed by atoms with van der Waals surface area (Å²) >= 11 is 0. The Morgan fingerprint density at radius 2 is 1.69 bits per heavy atom. The molecule has 0 bridgehead atoms. The van der Waals surface area contributed by atoms with Crippen LogP contribution in [0.2, 0.25) is 0 Å². The molecule has 0 unspecified atom stereocenters. The largest absolute Gasteiger partial charge is 0.0991 e. The highest BCUT2D eigenvalue weighted by Gasteiger charge is 1.81. The summed E-state index contributed by atoms with van der Waals surface area (Å²) in [5.74, 6) is 0. The predicted octanol–water partition coefficient (Wildman–Crippen LogP) is 4.92. The van der Waals surface area contributed by atoms with E-state index in [1.165, 1.54) is 5.57 Å². The van der Waals surface area contributed by atoms with Crippen LogP contribution in [0.5, 0.6) is 0 Å². The molecule has 0 rings (SSSR count). The summed E-state index contributed by atoms with van der Waals surface area (Å²) in [6.07, 6.45) is 19.6. The van der Waals surface area contributed by atoms with Crippen molar-refractivity contribution in [3.8, 4) is 0 Å². The Morgan fingerprint density at radius 1 is 0.938 bits per heavy atom.